The molecule has 35 heavy (non-hydrogen) atoms. The lowest BCUT2D eigenvalue weighted by Crippen LogP contribution is -2.31. The molecule has 0 saturated heterocycles. The maximum atomic E-state index is 13.3. The number of esters is 1. The number of benzene rings is 1. The van der Waals surface area contributed by atoms with Gasteiger partial charge in [-0.2, -0.15) is 5.10 Å². The van der Waals surface area contributed by atoms with Crippen molar-refractivity contribution in [1.82, 2.24) is 20.1 Å². The van der Waals surface area contributed by atoms with Crippen LogP contribution in [0.1, 0.15) is 35.8 Å². The largest absolute Gasteiger partial charge is 0.468 e. The molecule has 0 aliphatic heterocycles. The van der Waals surface area contributed by atoms with Crippen molar-refractivity contribution in [2.24, 2.45) is 0 Å². The number of carbonyl (C=O) groups excluding carboxylic acids is 3. The average molecular weight is 476 g/mol. The number of carbonyl (C=O) groups is 3. The van der Waals surface area contributed by atoms with Gasteiger partial charge in [0.25, 0.3) is 5.91 Å². The quantitative estimate of drug-likeness (QED) is 0.374. The molecule has 0 aliphatic rings. The number of pyridine rings is 1. The Balaban J connectivity index is 1.54. The van der Waals surface area contributed by atoms with Crippen molar-refractivity contribution < 1.29 is 23.5 Å². The predicted octanol–water partition coefficient (Wildman–Crippen LogP) is 3.36. The second kappa shape index (κ2) is 10.2. The molecule has 3 aromatic heterocycles. The Hall–Kier alpha value is -4.47. The summed E-state index contributed by atoms with van der Waals surface area (Å²) in [5, 5.41) is 10.4. The minimum atomic E-state index is -0.518. The molecule has 0 radical (unpaired) electrons. The van der Waals surface area contributed by atoms with Gasteiger partial charge in [0.1, 0.15) is 12.2 Å². The Labute approximate surface area is 201 Å². The van der Waals surface area contributed by atoms with Crippen LogP contribution in [-0.2, 0) is 20.7 Å². The Morgan fingerprint density at radius 3 is 2.57 bits per heavy atom. The van der Waals surface area contributed by atoms with Crippen LogP contribution in [0, 0.1) is 0 Å². The smallest absolute Gasteiger partial charge is 0.325 e. The van der Waals surface area contributed by atoms with Gasteiger partial charge in [0, 0.05) is 11.7 Å². The lowest BCUT2D eigenvalue weighted by molar-refractivity contribution is -0.141. The number of nitrogens with one attached hydrogen (secondary N) is 2. The molecule has 0 spiro atoms. The summed E-state index contributed by atoms with van der Waals surface area (Å²) in [6, 6.07) is 12.2. The third kappa shape index (κ3) is 5.37. The molecule has 3 heterocycles. The van der Waals surface area contributed by atoms with Gasteiger partial charge >= 0.3 is 5.97 Å². The van der Waals surface area contributed by atoms with E-state index in [1.807, 2.05) is 13.8 Å². The molecular weight excluding hydrogens is 450 g/mol. The fourth-order valence-electron chi connectivity index (χ4n) is 3.53. The summed E-state index contributed by atoms with van der Waals surface area (Å²) >= 11 is 0. The number of fused-ring (bicyclic) bond motifs is 1. The van der Waals surface area contributed by atoms with E-state index in [1.165, 1.54) is 7.11 Å². The zero-order valence-electron chi connectivity index (χ0n) is 19.6. The Kier molecular flexibility index (Phi) is 6.91. The molecule has 0 saturated carbocycles. The number of nitrogens with zero attached hydrogens (tertiary/aromatic N) is 3. The van der Waals surface area contributed by atoms with Crippen LogP contribution >= 0.6 is 0 Å². The summed E-state index contributed by atoms with van der Waals surface area (Å²) in [7, 11) is 1.26. The third-order valence-corrected chi connectivity index (χ3v) is 5.31. The maximum Gasteiger partial charge on any atom is 0.325 e. The first-order valence-corrected chi connectivity index (χ1v) is 11.0. The van der Waals surface area contributed by atoms with Crippen LogP contribution in [0.25, 0.3) is 22.5 Å². The molecule has 0 aliphatic carbocycles. The first-order chi connectivity index (χ1) is 16.9. The SMILES string of the molecule is COC(=O)CNC(=O)Cc1ccc(NC(=O)c2cc(-c3ccco3)nc3c2cnn3C(C)C)cc1. The molecule has 0 fully saturated rings. The molecule has 1 aromatic carbocycles. The van der Waals surface area contributed by atoms with Gasteiger partial charge in [-0.15, -0.1) is 0 Å². The number of ether oxygens (including phenoxy) is 1. The van der Waals surface area contributed by atoms with Crippen molar-refractivity contribution in [3.63, 3.8) is 0 Å². The van der Waals surface area contributed by atoms with Crippen molar-refractivity contribution in [2.75, 3.05) is 19.0 Å². The predicted molar refractivity (Wildman–Crippen MR) is 129 cm³/mol. The number of amides is 2. The van der Waals surface area contributed by atoms with E-state index in [0.29, 0.717) is 33.7 Å². The van der Waals surface area contributed by atoms with Crippen LogP contribution in [0.15, 0.2) is 59.3 Å². The second-order valence-corrected chi connectivity index (χ2v) is 8.13. The summed E-state index contributed by atoms with van der Waals surface area (Å²) in [5.41, 5.74) is 2.83. The third-order valence-electron chi connectivity index (χ3n) is 5.31. The van der Waals surface area contributed by atoms with Crippen molar-refractivity contribution >= 4 is 34.5 Å². The Bertz CT molecular complexity index is 1360. The van der Waals surface area contributed by atoms with Gasteiger partial charge in [0.05, 0.1) is 36.9 Å². The van der Waals surface area contributed by atoms with Gasteiger partial charge in [-0.1, -0.05) is 12.1 Å². The van der Waals surface area contributed by atoms with Gasteiger partial charge in [0.2, 0.25) is 5.91 Å². The number of anilines is 1. The number of hydrogen-bond donors (Lipinski definition) is 2. The highest BCUT2D eigenvalue weighted by molar-refractivity contribution is 6.12. The lowest BCUT2D eigenvalue weighted by atomic mass is 10.1. The second-order valence-electron chi connectivity index (χ2n) is 8.13. The first-order valence-electron chi connectivity index (χ1n) is 11.0. The van der Waals surface area contributed by atoms with E-state index in [0.717, 1.165) is 5.56 Å². The normalized spacial score (nSPS) is 11.0. The number of hydrogen-bond acceptors (Lipinski definition) is 7. The van der Waals surface area contributed by atoms with Crippen molar-refractivity contribution in [3.05, 3.63) is 66.1 Å². The number of methoxy groups -OCH3 is 1. The minimum Gasteiger partial charge on any atom is -0.468 e. The van der Waals surface area contributed by atoms with E-state index < -0.39 is 5.97 Å². The summed E-state index contributed by atoms with van der Waals surface area (Å²) in [4.78, 5) is 41.1. The van der Waals surface area contributed by atoms with Crippen LogP contribution < -0.4 is 10.6 Å². The van der Waals surface area contributed by atoms with Crippen molar-refractivity contribution in [1.29, 1.82) is 0 Å². The van der Waals surface area contributed by atoms with Gasteiger partial charge < -0.3 is 19.8 Å². The summed E-state index contributed by atoms with van der Waals surface area (Å²) in [6.07, 6.45) is 3.29. The highest BCUT2D eigenvalue weighted by Gasteiger charge is 2.19. The molecule has 0 unspecified atom stereocenters. The monoisotopic (exact) mass is 475 g/mol. The minimum absolute atomic E-state index is 0.0557. The van der Waals surface area contributed by atoms with E-state index in [-0.39, 0.29) is 30.8 Å². The zero-order chi connectivity index (χ0) is 24.9. The summed E-state index contributed by atoms with van der Waals surface area (Å²) in [5.74, 6) is -0.598. The lowest BCUT2D eigenvalue weighted by Gasteiger charge is -2.11. The fourth-order valence-corrected chi connectivity index (χ4v) is 3.53. The van der Waals surface area contributed by atoms with Crippen LogP contribution in [0.3, 0.4) is 0 Å². The highest BCUT2D eigenvalue weighted by atomic mass is 16.5. The molecule has 0 bridgehead atoms. The summed E-state index contributed by atoms with van der Waals surface area (Å²) < 4.78 is 11.8. The van der Waals surface area contributed by atoms with Crippen molar-refractivity contribution in [3.8, 4) is 11.5 Å². The molecule has 2 amide bonds. The maximum absolute atomic E-state index is 13.3. The average Bonchev–Trinajstić information content (AvgIpc) is 3.53. The molecule has 10 heteroatoms. The molecule has 10 nitrogen and oxygen atoms in total. The summed E-state index contributed by atoms with van der Waals surface area (Å²) in [6.45, 7) is 3.80. The zero-order valence-corrected chi connectivity index (χ0v) is 19.6. The molecule has 4 rings (SSSR count). The van der Waals surface area contributed by atoms with E-state index in [4.69, 9.17) is 4.42 Å². The first kappa shape index (κ1) is 23.7. The molecular formula is C25H25N5O5. The fraction of sp³-hybridized carbons (Fsp3) is 0.240. The topological polar surface area (TPSA) is 128 Å². The Morgan fingerprint density at radius 1 is 1.14 bits per heavy atom. The molecule has 0 atom stereocenters. The van der Waals surface area contributed by atoms with E-state index >= 15 is 0 Å². The van der Waals surface area contributed by atoms with Crippen LogP contribution in [0.2, 0.25) is 0 Å². The highest BCUT2D eigenvalue weighted by Crippen LogP contribution is 2.27. The van der Waals surface area contributed by atoms with Gasteiger partial charge in [0.15, 0.2) is 11.4 Å². The van der Waals surface area contributed by atoms with Gasteiger partial charge in [-0.25, -0.2) is 9.67 Å². The Morgan fingerprint density at radius 2 is 1.91 bits per heavy atom. The van der Waals surface area contributed by atoms with Crippen LogP contribution in [-0.4, -0.2) is 46.2 Å². The number of aromatic nitrogens is 3. The van der Waals surface area contributed by atoms with Crippen molar-refractivity contribution in [2.45, 2.75) is 26.3 Å². The number of furan rings is 1. The molecule has 180 valence electrons. The van der Waals surface area contributed by atoms with E-state index in [9.17, 15) is 14.4 Å². The van der Waals surface area contributed by atoms with E-state index in [2.05, 4.69) is 25.5 Å². The molecule has 4 aromatic rings. The van der Waals surface area contributed by atoms with Crippen LogP contribution in [0.4, 0.5) is 5.69 Å². The van der Waals surface area contributed by atoms with Gasteiger partial charge in [-0.3, -0.25) is 14.4 Å². The van der Waals surface area contributed by atoms with E-state index in [1.54, 1.807) is 59.6 Å². The molecule has 2 N–H and O–H groups in total. The van der Waals surface area contributed by atoms with Gasteiger partial charge in [-0.05, 0) is 49.7 Å². The van der Waals surface area contributed by atoms with Crippen LogP contribution in [0.5, 0.6) is 0 Å². The number of rotatable bonds is 8. The standard InChI is InChI=1S/C25H25N5O5/c1-15(2)30-24-19(13-27-30)18(12-20(29-24)21-5-4-10-35-21)25(33)28-17-8-6-16(7-9-17)11-22(31)26-14-23(32)34-3/h4-10,12-13,15H,11,14H2,1-3H3,(H,26,31)(H,28,33).